The second-order valence-corrected chi connectivity index (χ2v) is 3.60. The minimum absolute atomic E-state index is 0.0408. The highest BCUT2D eigenvalue weighted by molar-refractivity contribution is 5.57. The van der Waals surface area contributed by atoms with Crippen LogP contribution in [0.15, 0.2) is 30.5 Å². The number of nitrogen functional groups attached to an aromatic ring is 1. The second-order valence-electron chi connectivity index (χ2n) is 3.60. The third kappa shape index (κ3) is 2.69. The molecule has 0 atom stereocenters. The van der Waals surface area contributed by atoms with E-state index in [9.17, 15) is 4.39 Å². The number of aromatic nitrogens is 2. The summed E-state index contributed by atoms with van der Waals surface area (Å²) >= 11 is 0. The van der Waals surface area contributed by atoms with E-state index < -0.39 is 5.82 Å². The van der Waals surface area contributed by atoms with Crippen LogP contribution >= 0.6 is 0 Å². The molecule has 0 aliphatic heterocycles. The van der Waals surface area contributed by atoms with Gasteiger partial charge in [-0.05, 0) is 24.1 Å². The summed E-state index contributed by atoms with van der Waals surface area (Å²) in [5.74, 6) is -0.403. The molecule has 0 bridgehead atoms. The van der Waals surface area contributed by atoms with Gasteiger partial charge in [0.15, 0.2) is 11.6 Å². The van der Waals surface area contributed by atoms with Gasteiger partial charge in [-0.2, -0.15) is 4.98 Å². The molecule has 0 saturated carbocycles. The summed E-state index contributed by atoms with van der Waals surface area (Å²) in [6.07, 6.45) is 2.01. The van der Waals surface area contributed by atoms with Gasteiger partial charge in [0.05, 0.1) is 6.20 Å². The first-order valence-electron chi connectivity index (χ1n) is 5.33. The number of nitrogens with zero attached hydrogens (tertiary/aromatic N) is 2. The lowest BCUT2D eigenvalue weighted by Crippen LogP contribution is -2.02. The van der Waals surface area contributed by atoms with Crippen molar-refractivity contribution in [3.63, 3.8) is 0 Å². The molecule has 4 nitrogen and oxygen atoms in total. The number of nitrogens with two attached hydrogens (primary N) is 1. The molecular weight excluding hydrogens is 219 g/mol. The van der Waals surface area contributed by atoms with E-state index in [0.29, 0.717) is 0 Å². The van der Waals surface area contributed by atoms with Crippen LogP contribution in [0.25, 0.3) is 0 Å². The quantitative estimate of drug-likeness (QED) is 0.853. The van der Waals surface area contributed by atoms with E-state index >= 15 is 0 Å². The van der Waals surface area contributed by atoms with Crippen molar-refractivity contribution in [1.29, 1.82) is 0 Å². The highest BCUT2D eigenvalue weighted by Gasteiger charge is 2.05. The van der Waals surface area contributed by atoms with Crippen LogP contribution < -0.4 is 11.1 Å². The molecule has 0 fully saturated rings. The molecule has 0 saturated heterocycles. The summed E-state index contributed by atoms with van der Waals surface area (Å²) in [7, 11) is 0. The monoisotopic (exact) mass is 232 g/mol. The van der Waals surface area contributed by atoms with E-state index in [2.05, 4.69) is 22.2 Å². The van der Waals surface area contributed by atoms with E-state index in [1.807, 2.05) is 24.3 Å². The molecule has 0 amide bonds. The Morgan fingerprint density at radius 3 is 2.65 bits per heavy atom. The Hall–Kier alpha value is -2.17. The normalized spacial score (nSPS) is 10.2. The lowest BCUT2D eigenvalue weighted by Gasteiger charge is -2.07. The van der Waals surface area contributed by atoms with Crippen molar-refractivity contribution in [3.05, 3.63) is 41.8 Å². The first kappa shape index (κ1) is 11.3. The standard InChI is InChI=1S/C12H13FN4/c1-2-8-3-5-9(6-4-8)16-11-10(13)7-15-12(14)17-11/h3-7H,2H2,1H3,(H3,14,15,16,17). The summed E-state index contributed by atoms with van der Waals surface area (Å²) < 4.78 is 13.4. The van der Waals surface area contributed by atoms with Gasteiger partial charge in [-0.25, -0.2) is 9.37 Å². The van der Waals surface area contributed by atoms with Crippen LogP contribution in [0.3, 0.4) is 0 Å². The zero-order valence-electron chi connectivity index (χ0n) is 9.44. The Labute approximate surface area is 98.7 Å². The Kier molecular flexibility index (Phi) is 3.18. The molecular formula is C12H13FN4. The number of benzene rings is 1. The van der Waals surface area contributed by atoms with E-state index in [4.69, 9.17) is 5.73 Å². The van der Waals surface area contributed by atoms with Gasteiger partial charge >= 0.3 is 0 Å². The fraction of sp³-hybridized carbons (Fsp3) is 0.167. The molecule has 0 aliphatic rings. The van der Waals surface area contributed by atoms with Gasteiger partial charge in [-0.1, -0.05) is 19.1 Å². The second kappa shape index (κ2) is 4.78. The molecule has 0 aliphatic carbocycles. The molecule has 0 unspecified atom stereocenters. The summed E-state index contributed by atoms with van der Waals surface area (Å²) in [5, 5.41) is 2.86. The zero-order valence-corrected chi connectivity index (χ0v) is 9.44. The average Bonchev–Trinajstić information content (AvgIpc) is 2.35. The fourth-order valence-corrected chi connectivity index (χ4v) is 1.43. The predicted molar refractivity (Wildman–Crippen MR) is 65.5 cm³/mol. The van der Waals surface area contributed by atoms with Gasteiger partial charge in [0.25, 0.3) is 0 Å². The zero-order chi connectivity index (χ0) is 12.3. The van der Waals surface area contributed by atoms with E-state index in [1.54, 1.807) is 0 Å². The number of rotatable bonds is 3. The third-order valence-electron chi connectivity index (χ3n) is 2.39. The maximum Gasteiger partial charge on any atom is 0.222 e. The van der Waals surface area contributed by atoms with Crippen LogP contribution in [0.5, 0.6) is 0 Å². The van der Waals surface area contributed by atoms with Crippen molar-refractivity contribution in [2.24, 2.45) is 0 Å². The highest BCUT2D eigenvalue weighted by atomic mass is 19.1. The molecule has 1 aromatic carbocycles. The topological polar surface area (TPSA) is 63.8 Å². The van der Waals surface area contributed by atoms with E-state index in [-0.39, 0.29) is 11.8 Å². The van der Waals surface area contributed by atoms with Gasteiger partial charge in [-0.3, -0.25) is 0 Å². The summed E-state index contributed by atoms with van der Waals surface area (Å²) in [6, 6.07) is 7.70. The molecule has 3 N–H and O–H groups in total. The predicted octanol–water partition coefficient (Wildman–Crippen LogP) is 2.50. The van der Waals surface area contributed by atoms with Crippen LogP contribution in [-0.2, 0) is 6.42 Å². The lowest BCUT2D eigenvalue weighted by atomic mass is 10.1. The van der Waals surface area contributed by atoms with E-state index in [0.717, 1.165) is 18.3 Å². The van der Waals surface area contributed by atoms with Crippen LogP contribution in [0.2, 0.25) is 0 Å². The average molecular weight is 232 g/mol. The number of anilines is 3. The first-order valence-corrected chi connectivity index (χ1v) is 5.33. The van der Waals surface area contributed by atoms with Gasteiger partial charge in [-0.15, -0.1) is 0 Å². The summed E-state index contributed by atoms with van der Waals surface area (Å²) in [5.41, 5.74) is 7.38. The summed E-state index contributed by atoms with van der Waals surface area (Å²) in [6.45, 7) is 2.08. The number of halogens is 1. The molecule has 88 valence electrons. The molecule has 17 heavy (non-hydrogen) atoms. The molecule has 2 rings (SSSR count). The van der Waals surface area contributed by atoms with Crippen molar-refractivity contribution in [1.82, 2.24) is 9.97 Å². The Bertz CT molecular complexity index is 510. The maximum absolute atomic E-state index is 13.4. The van der Waals surface area contributed by atoms with Crippen molar-refractivity contribution in [2.45, 2.75) is 13.3 Å². The first-order chi connectivity index (χ1) is 8.19. The van der Waals surface area contributed by atoms with Gasteiger partial charge < -0.3 is 11.1 Å². The Morgan fingerprint density at radius 2 is 2.00 bits per heavy atom. The minimum atomic E-state index is -0.529. The SMILES string of the molecule is CCc1ccc(Nc2nc(N)ncc2F)cc1. The summed E-state index contributed by atoms with van der Waals surface area (Å²) in [4.78, 5) is 7.35. The van der Waals surface area contributed by atoms with Gasteiger partial charge in [0.2, 0.25) is 5.95 Å². The molecule has 0 radical (unpaired) electrons. The van der Waals surface area contributed by atoms with Crippen LogP contribution in [0, 0.1) is 5.82 Å². The Morgan fingerprint density at radius 1 is 1.29 bits per heavy atom. The lowest BCUT2D eigenvalue weighted by molar-refractivity contribution is 0.620. The number of hydrogen-bond acceptors (Lipinski definition) is 4. The van der Waals surface area contributed by atoms with Crippen molar-refractivity contribution >= 4 is 17.5 Å². The Balaban J connectivity index is 2.22. The molecule has 2 aromatic rings. The largest absolute Gasteiger partial charge is 0.368 e. The number of aryl methyl sites for hydroxylation is 1. The number of nitrogens with one attached hydrogen (secondary N) is 1. The maximum atomic E-state index is 13.4. The van der Waals surface area contributed by atoms with Crippen molar-refractivity contribution in [3.8, 4) is 0 Å². The smallest absolute Gasteiger partial charge is 0.222 e. The van der Waals surface area contributed by atoms with Gasteiger partial charge in [0, 0.05) is 5.69 Å². The highest BCUT2D eigenvalue weighted by Crippen LogP contribution is 2.18. The third-order valence-corrected chi connectivity index (χ3v) is 2.39. The molecule has 5 heteroatoms. The molecule has 0 spiro atoms. The number of hydrogen-bond donors (Lipinski definition) is 2. The minimum Gasteiger partial charge on any atom is -0.368 e. The van der Waals surface area contributed by atoms with Crippen LogP contribution in [0.1, 0.15) is 12.5 Å². The van der Waals surface area contributed by atoms with Crippen LogP contribution in [0.4, 0.5) is 21.8 Å². The molecule has 1 aromatic heterocycles. The van der Waals surface area contributed by atoms with Crippen molar-refractivity contribution in [2.75, 3.05) is 11.1 Å². The fourth-order valence-electron chi connectivity index (χ4n) is 1.43. The van der Waals surface area contributed by atoms with E-state index in [1.165, 1.54) is 5.56 Å². The van der Waals surface area contributed by atoms with Crippen molar-refractivity contribution < 1.29 is 4.39 Å². The molecule has 1 heterocycles. The van der Waals surface area contributed by atoms with Crippen LogP contribution in [-0.4, -0.2) is 9.97 Å². The van der Waals surface area contributed by atoms with Gasteiger partial charge in [0.1, 0.15) is 0 Å².